The van der Waals surface area contributed by atoms with E-state index < -0.39 is 0 Å². The third-order valence-electron chi connectivity index (χ3n) is 4.83. The van der Waals surface area contributed by atoms with E-state index in [9.17, 15) is 4.79 Å². The first-order valence-electron chi connectivity index (χ1n) is 8.98. The largest absolute Gasteiger partial charge is 0.368 e. The van der Waals surface area contributed by atoms with Crippen molar-refractivity contribution in [3.05, 3.63) is 47.3 Å². The molecular weight excluding hydrogens is 360 g/mol. The van der Waals surface area contributed by atoms with E-state index in [-0.39, 0.29) is 18.0 Å². The third-order valence-corrected chi connectivity index (χ3v) is 5.63. The highest BCUT2D eigenvalue weighted by molar-refractivity contribution is 7.16. The van der Waals surface area contributed by atoms with E-state index in [1.807, 2.05) is 53.6 Å². The molecule has 1 aromatic carbocycles. The molecule has 0 saturated carbocycles. The van der Waals surface area contributed by atoms with Gasteiger partial charge in [0, 0.05) is 26.2 Å². The molecule has 1 unspecified atom stereocenters. The molecule has 1 aliphatic rings. The summed E-state index contributed by atoms with van der Waals surface area (Å²) in [7, 11) is 0. The van der Waals surface area contributed by atoms with Crippen LogP contribution in [0.2, 0.25) is 0 Å². The van der Waals surface area contributed by atoms with Gasteiger partial charge in [0.1, 0.15) is 10.6 Å². The zero-order valence-corrected chi connectivity index (χ0v) is 15.9. The van der Waals surface area contributed by atoms with E-state index in [1.165, 1.54) is 0 Å². The summed E-state index contributed by atoms with van der Waals surface area (Å²) in [5.41, 5.74) is 6.96. The van der Waals surface area contributed by atoms with Crippen LogP contribution in [0.3, 0.4) is 0 Å². The lowest BCUT2D eigenvalue weighted by Gasteiger charge is -2.36. The number of anilines is 2. The molecule has 3 aromatic rings. The molecule has 1 atom stereocenters. The monoisotopic (exact) mass is 382 g/mol. The molecule has 0 aliphatic carbocycles. The maximum atomic E-state index is 12.6. The van der Waals surface area contributed by atoms with E-state index >= 15 is 0 Å². The summed E-state index contributed by atoms with van der Waals surface area (Å²) in [4.78, 5) is 26.2. The van der Waals surface area contributed by atoms with Gasteiger partial charge in [-0.2, -0.15) is 4.98 Å². The van der Waals surface area contributed by atoms with E-state index in [1.54, 1.807) is 11.3 Å². The van der Waals surface area contributed by atoms with Gasteiger partial charge in [-0.25, -0.2) is 9.78 Å². The zero-order valence-electron chi connectivity index (χ0n) is 15.1. The smallest absolute Gasteiger partial charge is 0.317 e. The number of thiophene rings is 1. The highest BCUT2D eigenvalue weighted by Crippen LogP contribution is 2.29. The number of carbonyl (C=O) groups excluding carboxylic acids is 1. The second-order valence-electron chi connectivity index (χ2n) is 6.60. The van der Waals surface area contributed by atoms with Gasteiger partial charge in [-0.1, -0.05) is 30.3 Å². The fourth-order valence-corrected chi connectivity index (χ4v) is 4.09. The Hall–Kier alpha value is -2.87. The molecule has 0 radical (unpaired) electrons. The Morgan fingerprint density at radius 3 is 2.63 bits per heavy atom. The predicted molar refractivity (Wildman–Crippen MR) is 109 cm³/mol. The Labute approximate surface area is 161 Å². The van der Waals surface area contributed by atoms with Crippen LogP contribution in [0.1, 0.15) is 18.5 Å². The van der Waals surface area contributed by atoms with Crippen molar-refractivity contribution < 1.29 is 4.79 Å². The van der Waals surface area contributed by atoms with Crippen LogP contribution in [-0.2, 0) is 0 Å². The summed E-state index contributed by atoms with van der Waals surface area (Å²) >= 11 is 1.56. The fourth-order valence-electron chi connectivity index (χ4n) is 3.32. The summed E-state index contributed by atoms with van der Waals surface area (Å²) in [6, 6.07) is 11.9. The molecule has 2 amide bonds. The fraction of sp³-hybridized carbons (Fsp3) is 0.316. The van der Waals surface area contributed by atoms with Gasteiger partial charge in [0.25, 0.3) is 0 Å². The normalized spacial score (nSPS) is 15.7. The van der Waals surface area contributed by atoms with Crippen molar-refractivity contribution in [1.82, 2.24) is 20.2 Å². The number of nitrogens with zero attached hydrogens (tertiary/aromatic N) is 4. The van der Waals surface area contributed by atoms with Crippen LogP contribution in [0.25, 0.3) is 10.2 Å². The number of hydrogen-bond donors (Lipinski definition) is 2. The Morgan fingerprint density at radius 1 is 1.15 bits per heavy atom. The number of urea groups is 1. The topological polar surface area (TPSA) is 87.4 Å². The molecule has 1 saturated heterocycles. The molecule has 140 valence electrons. The third kappa shape index (κ3) is 3.66. The summed E-state index contributed by atoms with van der Waals surface area (Å²) in [5, 5.41) is 6.09. The molecule has 1 fully saturated rings. The van der Waals surface area contributed by atoms with Crippen LogP contribution >= 0.6 is 11.3 Å². The molecule has 3 N–H and O–H groups in total. The Morgan fingerprint density at radius 2 is 1.89 bits per heavy atom. The second-order valence-corrected chi connectivity index (χ2v) is 7.50. The first kappa shape index (κ1) is 17.5. The maximum absolute atomic E-state index is 12.6. The number of benzene rings is 1. The number of hydrogen-bond acceptors (Lipinski definition) is 6. The first-order valence-corrected chi connectivity index (χ1v) is 9.86. The maximum Gasteiger partial charge on any atom is 0.317 e. The van der Waals surface area contributed by atoms with Gasteiger partial charge < -0.3 is 20.9 Å². The number of nitrogens with two attached hydrogens (primary N) is 1. The Balaban J connectivity index is 1.40. The van der Waals surface area contributed by atoms with Crippen molar-refractivity contribution in [2.24, 2.45) is 0 Å². The van der Waals surface area contributed by atoms with Crippen molar-refractivity contribution in [1.29, 1.82) is 0 Å². The standard InChI is InChI=1S/C19H22N6OS/c1-13(14-5-3-2-4-6-14)21-19(26)25-10-8-24(9-11-25)16-15-7-12-27-17(15)23-18(20)22-16/h2-7,12-13H,8-11H2,1H3,(H,21,26)(H2,20,22,23). The lowest BCUT2D eigenvalue weighted by molar-refractivity contribution is 0.191. The van der Waals surface area contributed by atoms with Gasteiger partial charge in [-0.3, -0.25) is 0 Å². The van der Waals surface area contributed by atoms with E-state index in [2.05, 4.69) is 20.2 Å². The number of rotatable bonds is 3. The average Bonchev–Trinajstić information content (AvgIpc) is 3.16. The van der Waals surface area contributed by atoms with Gasteiger partial charge in [0.05, 0.1) is 11.4 Å². The number of aromatic nitrogens is 2. The summed E-state index contributed by atoms with van der Waals surface area (Å²) in [6.07, 6.45) is 0. The van der Waals surface area contributed by atoms with E-state index in [4.69, 9.17) is 5.73 Å². The van der Waals surface area contributed by atoms with Crippen LogP contribution in [0.5, 0.6) is 0 Å². The lowest BCUT2D eigenvalue weighted by Crippen LogP contribution is -2.52. The number of nitrogen functional groups attached to an aromatic ring is 1. The van der Waals surface area contributed by atoms with Crippen LogP contribution in [0, 0.1) is 0 Å². The number of fused-ring (bicyclic) bond motifs is 1. The molecule has 27 heavy (non-hydrogen) atoms. The van der Waals surface area contributed by atoms with Crippen molar-refractivity contribution in [3.63, 3.8) is 0 Å². The highest BCUT2D eigenvalue weighted by Gasteiger charge is 2.24. The molecule has 8 heteroatoms. The predicted octanol–water partition coefficient (Wildman–Crippen LogP) is 2.87. The van der Waals surface area contributed by atoms with Crippen molar-refractivity contribution in [3.8, 4) is 0 Å². The minimum absolute atomic E-state index is 0.0242. The number of carbonyl (C=O) groups is 1. The molecule has 3 heterocycles. The van der Waals surface area contributed by atoms with Gasteiger partial charge >= 0.3 is 6.03 Å². The van der Waals surface area contributed by atoms with E-state index in [0.29, 0.717) is 26.2 Å². The molecule has 7 nitrogen and oxygen atoms in total. The van der Waals surface area contributed by atoms with Gasteiger partial charge in [-0.15, -0.1) is 11.3 Å². The SMILES string of the molecule is CC(NC(=O)N1CCN(c2nc(N)nc3sccc23)CC1)c1ccccc1. The van der Waals surface area contributed by atoms with Gasteiger partial charge in [0.2, 0.25) is 5.95 Å². The number of piperazine rings is 1. The van der Waals surface area contributed by atoms with Crippen LogP contribution < -0.4 is 16.0 Å². The highest BCUT2D eigenvalue weighted by atomic mass is 32.1. The Kier molecular flexibility index (Phi) is 4.81. The molecular formula is C19H22N6OS. The molecule has 4 rings (SSSR count). The van der Waals surface area contributed by atoms with Crippen molar-refractivity contribution in [2.75, 3.05) is 36.8 Å². The number of nitrogens with one attached hydrogen (secondary N) is 1. The summed E-state index contributed by atoms with van der Waals surface area (Å²) < 4.78 is 0. The summed E-state index contributed by atoms with van der Waals surface area (Å²) in [6.45, 7) is 4.72. The average molecular weight is 382 g/mol. The van der Waals surface area contributed by atoms with Crippen LogP contribution in [0.4, 0.5) is 16.6 Å². The van der Waals surface area contributed by atoms with Gasteiger partial charge in [-0.05, 0) is 23.9 Å². The summed E-state index contributed by atoms with van der Waals surface area (Å²) in [5.74, 6) is 1.15. The molecule has 0 bridgehead atoms. The van der Waals surface area contributed by atoms with Crippen molar-refractivity contribution >= 4 is 39.4 Å². The van der Waals surface area contributed by atoms with Crippen LogP contribution in [-0.4, -0.2) is 47.1 Å². The number of amides is 2. The second kappa shape index (κ2) is 7.40. The zero-order chi connectivity index (χ0) is 18.8. The molecule has 0 spiro atoms. The minimum Gasteiger partial charge on any atom is -0.368 e. The lowest BCUT2D eigenvalue weighted by atomic mass is 10.1. The minimum atomic E-state index is -0.0334. The molecule has 1 aliphatic heterocycles. The first-order chi connectivity index (χ1) is 13.1. The van der Waals surface area contributed by atoms with Crippen molar-refractivity contribution in [2.45, 2.75) is 13.0 Å². The Bertz CT molecular complexity index is 936. The quantitative estimate of drug-likeness (QED) is 0.727. The van der Waals surface area contributed by atoms with Crippen LogP contribution in [0.15, 0.2) is 41.8 Å². The van der Waals surface area contributed by atoms with E-state index in [0.717, 1.165) is 21.6 Å². The van der Waals surface area contributed by atoms with Gasteiger partial charge in [0.15, 0.2) is 0 Å². The molecule has 2 aromatic heterocycles.